The minimum Gasteiger partial charge on any atom is -0.328 e. The van der Waals surface area contributed by atoms with E-state index in [-0.39, 0.29) is 24.9 Å². The Labute approximate surface area is 119 Å². The molecule has 3 nitrogen and oxygen atoms in total. The monoisotopic (exact) mass is 314 g/mol. The normalized spacial score (nSPS) is 12.5. The number of alkyl halides is 3. The van der Waals surface area contributed by atoms with Crippen molar-refractivity contribution in [3.05, 3.63) is 29.6 Å². The quantitative estimate of drug-likeness (QED) is 0.838. The third-order valence-electron chi connectivity index (χ3n) is 2.39. The summed E-state index contributed by atoms with van der Waals surface area (Å²) in [5, 5.41) is 2.11. The molecule has 20 heavy (non-hydrogen) atoms. The molecule has 8 heteroatoms. The van der Waals surface area contributed by atoms with Crippen molar-refractivity contribution >= 4 is 24.0 Å². The van der Waals surface area contributed by atoms with Crippen LogP contribution >= 0.6 is 12.4 Å². The molecular weight excluding hydrogens is 300 g/mol. The van der Waals surface area contributed by atoms with Crippen molar-refractivity contribution in [3.63, 3.8) is 0 Å². The lowest BCUT2D eigenvalue weighted by Crippen LogP contribution is -2.20. The van der Waals surface area contributed by atoms with Crippen LogP contribution in [0, 0.1) is 5.82 Å². The van der Waals surface area contributed by atoms with E-state index in [1.807, 2.05) is 0 Å². The molecule has 0 aromatic heterocycles. The van der Waals surface area contributed by atoms with Gasteiger partial charge in [0, 0.05) is 12.5 Å². The van der Waals surface area contributed by atoms with Crippen LogP contribution in [0.15, 0.2) is 18.2 Å². The summed E-state index contributed by atoms with van der Waals surface area (Å²) in [7, 11) is 0. The number of carbonyl (C=O) groups excluding carboxylic acids is 1. The third kappa shape index (κ3) is 5.75. The first-order chi connectivity index (χ1) is 8.70. The van der Waals surface area contributed by atoms with Crippen molar-refractivity contribution in [2.24, 2.45) is 5.73 Å². The fraction of sp³-hybridized carbons (Fsp3) is 0.417. The average molecular weight is 315 g/mol. The zero-order valence-corrected chi connectivity index (χ0v) is 11.4. The maximum atomic E-state index is 13.3. The van der Waals surface area contributed by atoms with E-state index in [0.29, 0.717) is 24.6 Å². The molecule has 1 aromatic carbocycles. The van der Waals surface area contributed by atoms with E-state index >= 15 is 0 Å². The summed E-state index contributed by atoms with van der Waals surface area (Å²) in [5.41, 5.74) is 3.94. The molecule has 0 aliphatic rings. The van der Waals surface area contributed by atoms with Gasteiger partial charge in [0.25, 0.3) is 0 Å². The van der Waals surface area contributed by atoms with Crippen LogP contribution in [0.25, 0.3) is 0 Å². The van der Waals surface area contributed by atoms with E-state index in [0.717, 1.165) is 0 Å². The highest BCUT2D eigenvalue weighted by Gasteiger charge is 2.31. The molecular formula is C12H15ClF4N2O. The van der Waals surface area contributed by atoms with E-state index in [4.69, 9.17) is 5.73 Å². The molecule has 114 valence electrons. The molecule has 3 N–H and O–H groups in total. The van der Waals surface area contributed by atoms with Gasteiger partial charge in [-0.3, -0.25) is 4.79 Å². The number of carbonyl (C=O) groups is 1. The minimum atomic E-state index is -4.58. The third-order valence-corrected chi connectivity index (χ3v) is 2.39. The predicted molar refractivity (Wildman–Crippen MR) is 70.2 cm³/mol. The Balaban J connectivity index is 0.00000361. The number of nitrogens with one attached hydrogen (secondary N) is 1. The lowest BCUT2D eigenvalue weighted by atomic mass is 10.1. The average Bonchev–Trinajstić information content (AvgIpc) is 2.28. The van der Waals surface area contributed by atoms with Crippen molar-refractivity contribution in [1.82, 2.24) is 0 Å². The van der Waals surface area contributed by atoms with Gasteiger partial charge in [0.2, 0.25) is 5.91 Å². The molecule has 0 saturated carbocycles. The summed E-state index contributed by atoms with van der Waals surface area (Å²) >= 11 is 0. The second-order valence-electron chi connectivity index (χ2n) is 4.26. The van der Waals surface area contributed by atoms with Gasteiger partial charge in [-0.1, -0.05) is 0 Å². The SMILES string of the molecule is CC(N)CCC(=O)Nc1cc(C(F)(F)F)ccc1F.Cl. The summed E-state index contributed by atoms with van der Waals surface area (Å²) in [6, 6.07) is 1.65. The first-order valence-corrected chi connectivity index (χ1v) is 5.62. The van der Waals surface area contributed by atoms with Crippen LogP contribution < -0.4 is 11.1 Å². The van der Waals surface area contributed by atoms with E-state index < -0.39 is 29.2 Å². The summed E-state index contributed by atoms with van der Waals surface area (Å²) in [4.78, 5) is 11.4. The van der Waals surface area contributed by atoms with Crippen molar-refractivity contribution in [1.29, 1.82) is 0 Å². The maximum Gasteiger partial charge on any atom is 0.416 e. The zero-order valence-electron chi connectivity index (χ0n) is 10.6. The number of halogens is 5. The summed E-state index contributed by atoms with van der Waals surface area (Å²) in [6.07, 6.45) is -4.20. The number of rotatable bonds is 4. The number of nitrogens with two attached hydrogens (primary N) is 1. The maximum absolute atomic E-state index is 13.3. The van der Waals surface area contributed by atoms with Crippen LogP contribution in [0.1, 0.15) is 25.3 Å². The molecule has 1 unspecified atom stereocenters. The lowest BCUT2D eigenvalue weighted by Gasteiger charge is -2.11. The Hall–Kier alpha value is -1.34. The molecule has 1 atom stereocenters. The highest BCUT2D eigenvalue weighted by molar-refractivity contribution is 5.90. The molecule has 0 bridgehead atoms. The van der Waals surface area contributed by atoms with Gasteiger partial charge in [0.1, 0.15) is 5.82 Å². The molecule has 0 heterocycles. The standard InChI is InChI=1S/C12H14F4N2O.ClH/c1-7(17)2-5-11(19)18-10-6-8(12(14,15)16)3-4-9(10)13;/h3-4,6-7H,2,5,17H2,1H3,(H,18,19);1H. The molecule has 0 aliphatic carbocycles. The van der Waals surface area contributed by atoms with Gasteiger partial charge in [0.15, 0.2) is 0 Å². The van der Waals surface area contributed by atoms with E-state index in [2.05, 4.69) is 5.32 Å². The van der Waals surface area contributed by atoms with E-state index in [9.17, 15) is 22.4 Å². The van der Waals surface area contributed by atoms with Gasteiger partial charge in [-0.25, -0.2) is 4.39 Å². The molecule has 0 aliphatic heterocycles. The Morgan fingerprint density at radius 3 is 2.50 bits per heavy atom. The highest BCUT2D eigenvalue weighted by Crippen LogP contribution is 2.31. The van der Waals surface area contributed by atoms with E-state index in [1.165, 1.54) is 0 Å². The largest absolute Gasteiger partial charge is 0.416 e. The summed E-state index contributed by atoms with van der Waals surface area (Å²) in [6.45, 7) is 1.69. The van der Waals surface area contributed by atoms with Gasteiger partial charge < -0.3 is 11.1 Å². The molecule has 1 aromatic rings. The Morgan fingerprint density at radius 1 is 1.40 bits per heavy atom. The van der Waals surface area contributed by atoms with Crippen molar-refractivity contribution in [3.8, 4) is 0 Å². The lowest BCUT2D eigenvalue weighted by molar-refractivity contribution is -0.137. The van der Waals surface area contributed by atoms with Crippen molar-refractivity contribution < 1.29 is 22.4 Å². The second kappa shape index (κ2) is 7.44. The smallest absolute Gasteiger partial charge is 0.328 e. The first kappa shape index (κ1) is 18.7. The topological polar surface area (TPSA) is 55.1 Å². The molecule has 1 amide bonds. The van der Waals surface area contributed by atoms with Crippen LogP contribution in [0.5, 0.6) is 0 Å². The molecule has 0 fully saturated rings. The van der Waals surface area contributed by atoms with Crippen molar-refractivity contribution in [2.75, 3.05) is 5.32 Å². The number of anilines is 1. The Bertz CT molecular complexity index is 463. The Kier molecular flexibility index (Phi) is 6.95. The molecule has 0 radical (unpaired) electrons. The number of hydrogen-bond donors (Lipinski definition) is 2. The van der Waals surface area contributed by atoms with E-state index in [1.54, 1.807) is 6.92 Å². The fourth-order valence-electron chi connectivity index (χ4n) is 1.37. The van der Waals surface area contributed by atoms with Gasteiger partial charge >= 0.3 is 6.18 Å². The van der Waals surface area contributed by atoms with Crippen LogP contribution in [-0.4, -0.2) is 11.9 Å². The second-order valence-corrected chi connectivity index (χ2v) is 4.26. The van der Waals surface area contributed by atoms with Crippen molar-refractivity contribution in [2.45, 2.75) is 32.0 Å². The highest BCUT2D eigenvalue weighted by atomic mass is 35.5. The van der Waals surface area contributed by atoms with Crippen LogP contribution in [0.3, 0.4) is 0 Å². The molecule has 0 saturated heterocycles. The molecule has 0 spiro atoms. The van der Waals surface area contributed by atoms with Gasteiger partial charge in [0.05, 0.1) is 11.3 Å². The number of benzene rings is 1. The molecule has 1 rings (SSSR count). The van der Waals surface area contributed by atoms with Crippen LogP contribution in [0.2, 0.25) is 0 Å². The number of hydrogen-bond acceptors (Lipinski definition) is 2. The summed E-state index contributed by atoms with van der Waals surface area (Å²) < 4.78 is 50.6. The first-order valence-electron chi connectivity index (χ1n) is 5.62. The van der Waals surface area contributed by atoms with Gasteiger partial charge in [-0.2, -0.15) is 13.2 Å². The minimum absolute atomic E-state index is 0. The van der Waals surface area contributed by atoms with Crippen LogP contribution in [-0.2, 0) is 11.0 Å². The zero-order chi connectivity index (χ0) is 14.6. The Morgan fingerprint density at radius 2 is 2.00 bits per heavy atom. The van der Waals surface area contributed by atoms with Crippen LogP contribution in [0.4, 0.5) is 23.2 Å². The van der Waals surface area contributed by atoms with Gasteiger partial charge in [-0.15, -0.1) is 12.4 Å². The number of amides is 1. The van der Waals surface area contributed by atoms with Gasteiger partial charge in [-0.05, 0) is 31.5 Å². The fourth-order valence-corrected chi connectivity index (χ4v) is 1.37. The summed E-state index contributed by atoms with van der Waals surface area (Å²) in [5.74, 6) is -1.49. The predicted octanol–water partition coefficient (Wildman–Crippen LogP) is 3.33.